The van der Waals surface area contributed by atoms with Crippen LogP contribution >= 0.6 is 0 Å². The standard InChI is InChI=1S/C23H31N3O4/c1-17-5-3-6-19(15-17)21-20(23(30-24-21)25-10-13-29-14-11-25)16-26(9-4-12-28-2)22(27)18-7-8-18/h3,5-6,15,18H,4,7-14,16H2,1-2H3. The van der Waals surface area contributed by atoms with E-state index in [1.807, 2.05) is 11.0 Å². The number of methoxy groups -OCH3 is 1. The van der Waals surface area contributed by atoms with Crippen molar-refractivity contribution in [3.05, 3.63) is 35.4 Å². The van der Waals surface area contributed by atoms with E-state index < -0.39 is 0 Å². The van der Waals surface area contributed by atoms with Gasteiger partial charge in [0.25, 0.3) is 0 Å². The largest absolute Gasteiger partial charge is 0.385 e. The topological polar surface area (TPSA) is 68.0 Å². The van der Waals surface area contributed by atoms with E-state index in [0.29, 0.717) is 32.9 Å². The van der Waals surface area contributed by atoms with Gasteiger partial charge in [-0.25, -0.2) is 0 Å². The molecular weight excluding hydrogens is 382 g/mol. The molecule has 1 aliphatic carbocycles. The maximum atomic E-state index is 13.0. The van der Waals surface area contributed by atoms with Crippen molar-refractivity contribution in [2.24, 2.45) is 5.92 Å². The molecule has 0 spiro atoms. The molecule has 1 saturated heterocycles. The first kappa shape index (κ1) is 20.9. The molecule has 1 aliphatic heterocycles. The quantitative estimate of drug-likeness (QED) is 0.588. The van der Waals surface area contributed by atoms with E-state index in [0.717, 1.165) is 55.1 Å². The van der Waals surface area contributed by atoms with Gasteiger partial charge in [0.15, 0.2) is 0 Å². The van der Waals surface area contributed by atoms with Gasteiger partial charge in [-0.3, -0.25) is 4.79 Å². The summed E-state index contributed by atoms with van der Waals surface area (Å²) in [5.41, 5.74) is 3.98. The highest BCUT2D eigenvalue weighted by Crippen LogP contribution is 2.36. The van der Waals surface area contributed by atoms with E-state index in [-0.39, 0.29) is 11.8 Å². The molecule has 1 saturated carbocycles. The Hall–Kier alpha value is -2.38. The summed E-state index contributed by atoms with van der Waals surface area (Å²) in [6.07, 6.45) is 2.79. The van der Waals surface area contributed by atoms with E-state index >= 15 is 0 Å². The number of morpholine rings is 1. The Kier molecular flexibility index (Phi) is 6.69. The molecule has 0 N–H and O–H groups in total. The van der Waals surface area contributed by atoms with E-state index in [4.69, 9.17) is 14.0 Å². The lowest BCUT2D eigenvalue weighted by Crippen LogP contribution is -2.38. The molecule has 0 bridgehead atoms. The normalized spacial score (nSPS) is 16.7. The van der Waals surface area contributed by atoms with Crippen molar-refractivity contribution in [2.45, 2.75) is 32.7 Å². The van der Waals surface area contributed by atoms with Gasteiger partial charge in [-0.15, -0.1) is 0 Å². The third-order valence-corrected chi connectivity index (χ3v) is 5.72. The number of carbonyl (C=O) groups is 1. The van der Waals surface area contributed by atoms with Crippen LogP contribution < -0.4 is 4.90 Å². The average Bonchev–Trinajstić information content (AvgIpc) is 3.53. The number of carbonyl (C=O) groups excluding carboxylic acids is 1. The number of hydrogen-bond acceptors (Lipinski definition) is 6. The first-order chi connectivity index (χ1) is 14.7. The van der Waals surface area contributed by atoms with Gasteiger partial charge in [-0.2, -0.15) is 0 Å². The second-order valence-electron chi connectivity index (χ2n) is 8.16. The van der Waals surface area contributed by atoms with Crippen molar-refractivity contribution in [1.82, 2.24) is 10.1 Å². The molecule has 4 rings (SSSR count). The summed E-state index contributed by atoms with van der Waals surface area (Å²) in [4.78, 5) is 17.2. The Bertz CT molecular complexity index is 856. The van der Waals surface area contributed by atoms with E-state index in [1.54, 1.807) is 7.11 Å². The predicted molar refractivity (Wildman–Crippen MR) is 114 cm³/mol. The molecule has 7 nitrogen and oxygen atoms in total. The Morgan fingerprint density at radius 3 is 2.80 bits per heavy atom. The first-order valence-corrected chi connectivity index (χ1v) is 10.8. The zero-order valence-corrected chi connectivity index (χ0v) is 17.9. The molecule has 2 aromatic rings. The smallest absolute Gasteiger partial charge is 0.233 e. The number of benzene rings is 1. The summed E-state index contributed by atoms with van der Waals surface area (Å²) in [7, 11) is 1.69. The summed E-state index contributed by atoms with van der Waals surface area (Å²) in [5, 5.41) is 4.45. The molecular formula is C23H31N3O4. The number of aryl methyl sites for hydroxylation is 1. The molecule has 7 heteroatoms. The molecule has 30 heavy (non-hydrogen) atoms. The second kappa shape index (κ2) is 9.62. The summed E-state index contributed by atoms with van der Waals surface area (Å²) in [5.74, 6) is 1.16. The number of hydrogen-bond donors (Lipinski definition) is 0. The Morgan fingerprint density at radius 2 is 2.10 bits per heavy atom. The van der Waals surface area contributed by atoms with Crippen LogP contribution in [0.4, 0.5) is 5.88 Å². The number of rotatable bonds is 9. The van der Waals surface area contributed by atoms with Gasteiger partial charge in [0.05, 0.1) is 25.3 Å². The molecule has 0 atom stereocenters. The lowest BCUT2D eigenvalue weighted by atomic mass is 10.0. The van der Waals surface area contributed by atoms with Crippen LogP contribution in [0.15, 0.2) is 28.8 Å². The third-order valence-electron chi connectivity index (χ3n) is 5.72. The summed E-state index contributed by atoms with van der Waals surface area (Å²) >= 11 is 0. The van der Waals surface area contributed by atoms with Crippen molar-refractivity contribution in [1.29, 1.82) is 0 Å². The van der Waals surface area contributed by atoms with Crippen LogP contribution in [0, 0.1) is 12.8 Å². The van der Waals surface area contributed by atoms with Crippen molar-refractivity contribution >= 4 is 11.8 Å². The minimum atomic E-state index is 0.168. The van der Waals surface area contributed by atoms with Crippen molar-refractivity contribution in [3.63, 3.8) is 0 Å². The highest BCUT2D eigenvalue weighted by molar-refractivity contribution is 5.81. The Morgan fingerprint density at radius 1 is 1.30 bits per heavy atom. The highest BCUT2D eigenvalue weighted by atomic mass is 16.5. The van der Waals surface area contributed by atoms with E-state index in [9.17, 15) is 4.79 Å². The monoisotopic (exact) mass is 413 g/mol. The number of ether oxygens (including phenoxy) is 2. The molecule has 2 fully saturated rings. The Balaban J connectivity index is 1.66. The van der Waals surface area contributed by atoms with Crippen LogP contribution in [-0.2, 0) is 20.8 Å². The van der Waals surface area contributed by atoms with Crippen LogP contribution in [0.3, 0.4) is 0 Å². The lowest BCUT2D eigenvalue weighted by Gasteiger charge is -2.28. The van der Waals surface area contributed by atoms with Crippen LogP contribution in [0.2, 0.25) is 0 Å². The fourth-order valence-corrected chi connectivity index (χ4v) is 3.92. The molecule has 0 radical (unpaired) electrons. The van der Waals surface area contributed by atoms with Gasteiger partial charge in [-0.05, 0) is 32.3 Å². The lowest BCUT2D eigenvalue weighted by molar-refractivity contribution is -0.133. The maximum absolute atomic E-state index is 13.0. The summed E-state index contributed by atoms with van der Waals surface area (Å²) < 4.78 is 16.6. The number of aromatic nitrogens is 1. The SMILES string of the molecule is COCCCN(Cc1c(-c2cccc(C)c2)noc1N1CCOCC1)C(=O)C1CC1. The van der Waals surface area contributed by atoms with E-state index in [1.165, 1.54) is 5.56 Å². The predicted octanol–water partition coefficient (Wildman–Crippen LogP) is 3.26. The number of anilines is 1. The third kappa shape index (κ3) is 4.84. The minimum absolute atomic E-state index is 0.168. The van der Waals surface area contributed by atoms with Gasteiger partial charge in [0, 0.05) is 44.8 Å². The zero-order chi connectivity index (χ0) is 20.9. The summed E-state index contributed by atoms with van der Waals surface area (Å²) in [6.45, 7) is 6.73. The maximum Gasteiger partial charge on any atom is 0.233 e. The van der Waals surface area contributed by atoms with E-state index in [2.05, 4.69) is 35.2 Å². The van der Waals surface area contributed by atoms with Crippen LogP contribution in [0.1, 0.15) is 30.4 Å². The number of amides is 1. The van der Waals surface area contributed by atoms with Crippen LogP contribution in [0.25, 0.3) is 11.3 Å². The molecule has 1 aromatic carbocycles. The molecule has 2 heterocycles. The van der Waals surface area contributed by atoms with Gasteiger partial charge in [0.1, 0.15) is 5.69 Å². The van der Waals surface area contributed by atoms with Crippen LogP contribution in [-0.4, -0.2) is 62.5 Å². The fourth-order valence-electron chi connectivity index (χ4n) is 3.92. The average molecular weight is 414 g/mol. The minimum Gasteiger partial charge on any atom is -0.385 e. The van der Waals surface area contributed by atoms with Crippen LogP contribution in [0.5, 0.6) is 0 Å². The molecule has 2 aliphatic rings. The van der Waals surface area contributed by atoms with Gasteiger partial charge in [-0.1, -0.05) is 28.9 Å². The van der Waals surface area contributed by atoms with Gasteiger partial charge in [0.2, 0.25) is 11.8 Å². The van der Waals surface area contributed by atoms with Crippen molar-refractivity contribution in [3.8, 4) is 11.3 Å². The molecule has 1 aromatic heterocycles. The number of nitrogens with zero attached hydrogens (tertiary/aromatic N) is 3. The fraction of sp³-hybridized carbons (Fsp3) is 0.565. The summed E-state index contributed by atoms with van der Waals surface area (Å²) in [6, 6.07) is 8.26. The molecule has 1 amide bonds. The Labute approximate surface area is 177 Å². The highest BCUT2D eigenvalue weighted by Gasteiger charge is 2.35. The second-order valence-corrected chi connectivity index (χ2v) is 8.16. The first-order valence-electron chi connectivity index (χ1n) is 10.8. The van der Waals surface area contributed by atoms with Gasteiger partial charge >= 0.3 is 0 Å². The van der Waals surface area contributed by atoms with Crippen molar-refractivity contribution in [2.75, 3.05) is 51.5 Å². The molecule has 0 unspecified atom stereocenters. The van der Waals surface area contributed by atoms with Gasteiger partial charge < -0.3 is 23.8 Å². The zero-order valence-electron chi connectivity index (χ0n) is 17.9. The van der Waals surface area contributed by atoms with Crippen molar-refractivity contribution < 1.29 is 18.8 Å². The molecule has 162 valence electrons.